The number of hydrogen-bond acceptors (Lipinski definition) is 3. The number of benzene rings is 1. The Balaban J connectivity index is 2.06. The first kappa shape index (κ1) is 12.1. The van der Waals surface area contributed by atoms with Gasteiger partial charge in [0, 0.05) is 23.3 Å². The molecular formula is C14H16N2S. The maximum atomic E-state index is 6.19. The molecule has 0 amide bonds. The van der Waals surface area contributed by atoms with Crippen LogP contribution in [0.15, 0.2) is 53.7 Å². The van der Waals surface area contributed by atoms with E-state index in [2.05, 4.69) is 35.5 Å². The first-order chi connectivity index (χ1) is 8.29. The van der Waals surface area contributed by atoms with E-state index in [0.717, 1.165) is 6.42 Å². The fraction of sp³-hybridized carbons (Fsp3) is 0.214. The molecule has 3 heteroatoms. The normalized spacial score (nSPS) is 12.4. The Kier molecular flexibility index (Phi) is 4.18. The predicted octanol–water partition coefficient (Wildman–Crippen LogP) is 3.05. The molecule has 1 heterocycles. The summed E-state index contributed by atoms with van der Waals surface area (Å²) in [5, 5.41) is 0. The predicted molar refractivity (Wildman–Crippen MR) is 73.1 cm³/mol. The molecule has 0 spiro atoms. The third-order valence-corrected chi connectivity index (χ3v) is 3.49. The van der Waals surface area contributed by atoms with Gasteiger partial charge in [-0.2, -0.15) is 0 Å². The molecule has 0 aliphatic carbocycles. The highest BCUT2D eigenvalue weighted by Crippen LogP contribution is 2.20. The SMILES string of the molecule is CSc1ccc(C(N)Cc2ccncc2)cc1. The molecule has 1 aromatic carbocycles. The van der Waals surface area contributed by atoms with E-state index in [0.29, 0.717) is 0 Å². The molecule has 1 aromatic heterocycles. The Hall–Kier alpha value is -1.32. The van der Waals surface area contributed by atoms with Crippen molar-refractivity contribution in [1.29, 1.82) is 0 Å². The number of nitrogens with two attached hydrogens (primary N) is 1. The molecule has 2 aromatic rings. The molecule has 0 saturated heterocycles. The van der Waals surface area contributed by atoms with Crippen LogP contribution in [0.3, 0.4) is 0 Å². The van der Waals surface area contributed by atoms with E-state index in [1.165, 1.54) is 16.0 Å². The summed E-state index contributed by atoms with van der Waals surface area (Å²) in [4.78, 5) is 5.27. The van der Waals surface area contributed by atoms with E-state index in [9.17, 15) is 0 Å². The Labute approximate surface area is 106 Å². The molecule has 0 aliphatic heterocycles. The molecule has 2 nitrogen and oxygen atoms in total. The van der Waals surface area contributed by atoms with Crippen molar-refractivity contribution in [3.8, 4) is 0 Å². The first-order valence-corrected chi connectivity index (χ1v) is 6.80. The van der Waals surface area contributed by atoms with Crippen LogP contribution < -0.4 is 5.73 Å². The fourth-order valence-electron chi connectivity index (χ4n) is 1.74. The van der Waals surface area contributed by atoms with Crippen LogP contribution in [0.4, 0.5) is 0 Å². The standard InChI is InChI=1S/C14H16N2S/c1-17-13-4-2-12(3-5-13)14(15)10-11-6-8-16-9-7-11/h2-9,14H,10,15H2,1H3. The summed E-state index contributed by atoms with van der Waals surface area (Å²) in [5.74, 6) is 0. The van der Waals surface area contributed by atoms with Crippen molar-refractivity contribution < 1.29 is 0 Å². The van der Waals surface area contributed by atoms with Crippen LogP contribution in [0.25, 0.3) is 0 Å². The molecule has 0 aliphatic rings. The van der Waals surface area contributed by atoms with Crippen molar-refractivity contribution in [2.75, 3.05) is 6.26 Å². The third kappa shape index (κ3) is 3.32. The van der Waals surface area contributed by atoms with E-state index >= 15 is 0 Å². The van der Waals surface area contributed by atoms with Gasteiger partial charge in [-0.3, -0.25) is 4.98 Å². The largest absolute Gasteiger partial charge is 0.324 e. The number of aromatic nitrogens is 1. The lowest BCUT2D eigenvalue weighted by Gasteiger charge is -2.12. The lowest BCUT2D eigenvalue weighted by Crippen LogP contribution is -2.13. The molecular weight excluding hydrogens is 228 g/mol. The van der Waals surface area contributed by atoms with Gasteiger partial charge in [-0.25, -0.2) is 0 Å². The maximum Gasteiger partial charge on any atom is 0.0335 e. The summed E-state index contributed by atoms with van der Waals surface area (Å²) in [6, 6.07) is 12.5. The highest BCUT2D eigenvalue weighted by atomic mass is 32.2. The number of nitrogens with zero attached hydrogens (tertiary/aromatic N) is 1. The van der Waals surface area contributed by atoms with Gasteiger partial charge in [0.05, 0.1) is 0 Å². The molecule has 88 valence electrons. The molecule has 0 saturated carbocycles. The van der Waals surface area contributed by atoms with Crippen molar-refractivity contribution in [2.24, 2.45) is 5.73 Å². The Morgan fingerprint density at radius 1 is 1.12 bits per heavy atom. The highest BCUT2D eigenvalue weighted by Gasteiger charge is 2.06. The summed E-state index contributed by atoms with van der Waals surface area (Å²) in [6.45, 7) is 0. The van der Waals surface area contributed by atoms with Gasteiger partial charge in [-0.1, -0.05) is 12.1 Å². The summed E-state index contributed by atoms with van der Waals surface area (Å²) >= 11 is 1.74. The van der Waals surface area contributed by atoms with Gasteiger partial charge in [0.2, 0.25) is 0 Å². The quantitative estimate of drug-likeness (QED) is 0.840. The average Bonchev–Trinajstić information content (AvgIpc) is 2.40. The van der Waals surface area contributed by atoms with Gasteiger partial charge in [0.15, 0.2) is 0 Å². The van der Waals surface area contributed by atoms with Crippen molar-refractivity contribution >= 4 is 11.8 Å². The monoisotopic (exact) mass is 244 g/mol. The molecule has 0 bridgehead atoms. The zero-order valence-corrected chi connectivity index (χ0v) is 10.7. The summed E-state index contributed by atoms with van der Waals surface area (Å²) in [6.07, 6.45) is 6.53. The molecule has 2 rings (SSSR count). The second-order valence-electron chi connectivity index (χ2n) is 3.94. The maximum absolute atomic E-state index is 6.19. The number of thioether (sulfide) groups is 1. The molecule has 17 heavy (non-hydrogen) atoms. The first-order valence-electron chi connectivity index (χ1n) is 5.58. The summed E-state index contributed by atoms with van der Waals surface area (Å²) < 4.78 is 0. The molecule has 2 N–H and O–H groups in total. The summed E-state index contributed by atoms with van der Waals surface area (Å²) in [7, 11) is 0. The van der Waals surface area contributed by atoms with E-state index in [-0.39, 0.29) is 6.04 Å². The van der Waals surface area contributed by atoms with Crippen molar-refractivity contribution in [2.45, 2.75) is 17.4 Å². The van der Waals surface area contributed by atoms with Gasteiger partial charge in [0.1, 0.15) is 0 Å². The van der Waals surface area contributed by atoms with Crippen molar-refractivity contribution in [3.63, 3.8) is 0 Å². The lowest BCUT2D eigenvalue weighted by molar-refractivity contribution is 0.720. The second kappa shape index (κ2) is 5.84. The highest BCUT2D eigenvalue weighted by molar-refractivity contribution is 7.98. The fourth-order valence-corrected chi connectivity index (χ4v) is 2.15. The van der Waals surface area contributed by atoms with E-state index < -0.39 is 0 Å². The Morgan fingerprint density at radius 3 is 2.35 bits per heavy atom. The topological polar surface area (TPSA) is 38.9 Å². The zero-order chi connectivity index (χ0) is 12.1. The van der Waals surface area contributed by atoms with Crippen LogP contribution in [-0.2, 0) is 6.42 Å². The number of rotatable bonds is 4. The smallest absolute Gasteiger partial charge is 0.0335 e. The van der Waals surface area contributed by atoms with Gasteiger partial charge >= 0.3 is 0 Å². The van der Waals surface area contributed by atoms with Crippen molar-refractivity contribution in [1.82, 2.24) is 4.98 Å². The van der Waals surface area contributed by atoms with Crippen LogP contribution in [0.5, 0.6) is 0 Å². The molecule has 0 radical (unpaired) electrons. The molecule has 1 atom stereocenters. The van der Waals surface area contributed by atoms with Crippen LogP contribution in [0.1, 0.15) is 17.2 Å². The molecule has 0 fully saturated rings. The minimum atomic E-state index is 0.0494. The summed E-state index contributed by atoms with van der Waals surface area (Å²) in [5.41, 5.74) is 8.60. The number of pyridine rings is 1. The van der Waals surface area contributed by atoms with Crippen LogP contribution >= 0.6 is 11.8 Å². The minimum Gasteiger partial charge on any atom is -0.324 e. The van der Waals surface area contributed by atoms with E-state index in [1.54, 1.807) is 24.2 Å². The van der Waals surface area contributed by atoms with Gasteiger partial charge in [-0.15, -0.1) is 11.8 Å². The Bertz CT molecular complexity index is 453. The van der Waals surface area contributed by atoms with E-state index in [4.69, 9.17) is 5.73 Å². The van der Waals surface area contributed by atoms with Gasteiger partial charge in [0.25, 0.3) is 0 Å². The lowest BCUT2D eigenvalue weighted by atomic mass is 10.0. The molecule has 1 unspecified atom stereocenters. The van der Waals surface area contributed by atoms with Crippen LogP contribution in [0, 0.1) is 0 Å². The number of hydrogen-bond donors (Lipinski definition) is 1. The third-order valence-electron chi connectivity index (χ3n) is 2.75. The van der Waals surface area contributed by atoms with Crippen molar-refractivity contribution in [3.05, 3.63) is 59.9 Å². The van der Waals surface area contributed by atoms with Gasteiger partial charge in [-0.05, 0) is 48.1 Å². The average molecular weight is 244 g/mol. The zero-order valence-electron chi connectivity index (χ0n) is 9.84. The second-order valence-corrected chi connectivity index (χ2v) is 4.82. The van der Waals surface area contributed by atoms with Gasteiger partial charge < -0.3 is 5.73 Å². The van der Waals surface area contributed by atoms with Crippen LogP contribution in [0.2, 0.25) is 0 Å². The Morgan fingerprint density at radius 2 is 1.76 bits per heavy atom. The van der Waals surface area contributed by atoms with E-state index in [1.807, 2.05) is 12.1 Å². The minimum absolute atomic E-state index is 0.0494. The van der Waals surface area contributed by atoms with Crippen LogP contribution in [-0.4, -0.2) is 11.2 Å².